The van der Waals surface area contributed by atoms with Gasteiger partial charge in [0, 0.05) is 31.9 Å². The lowest BCUT2D eigenvalue weighted by Crippen LogP contribution is -2.48. The van der Waals surface area contributed by atoms with Gasteiger partial charge in [0.05, 0.1) is 11.4 Å². The number of nitrogens with one attached hydrogen (secondary N) is 1. The Morgan fingerprint density at radius 3 is 2.35 bits per heavy atom. The predicted molar refractivity (Wildman–Crippen MR) is 125 cm³/mol. The maximum absolute atomic E-state index is 13.4. The van der Waals surface area contributed by atoms with Crippen LogP contribution in [-0.2, 0) is 0 Å². The summed E-state index contributed by atoms with van der Waals surface area (Å²) in [5, 5.41) is 3.18. The number of carbonyl (C=O) groups is 1. The van der Waals surface area contributed by atoms with Crippen LogP contribution in [0.4, 0.5) is 26.2 Å². The lowest BCUT2D eigenvalue weighted by molar-refractivity contribution is 0.166. The summed E-state index contributed by atoms with van der Waals surface area (Å²) in [6.07, 6.45) is 2.28. The van der Waals surface area contributed by atoms with Crippen molar-refractivity contribution >= 4 is 23.1 Å². The molecular weight excluding hydrogens is 391 g/mol. The maximum atomic E-state index is 13.4. The van der Waals surface area contributed by atoms with Crippen LogP contribution in [0, 0.1) is 17.7 Å². The van der Waals surface area contributed by atoms with Crippen molar-refractivity contribution in [3.63, 3.8) is 0 Å². The zero-order valence-corrected chi connectivity index (χ0v) is 18.6. The van der Waals surface area contributed by atoms with Crippen LogP contribution in [0.5, 0.6) is 0 Å². The van der Waals surface area contributed by atoms with Crippen molar-refractivity contribution in [1.29, 1.82) is 0 Å². The summed E-state index contributed by atoms with van der Waals surface area (Å²) in [6, 6.07) is 14.4. The molecule has 2 aliphatic heterocycles. The second-order valence-corrected chi connectivity index (χ2v) is 9.09. The van der Waals surface area contributed by atoms with Crippen molar-refractivity contribution in [2.24, 2.45) is 11.8 Å². The summed E-state index contributed by atoms with van der Waals surface area (Å²) >= 11 is 0. The Morgan fingerprint density at radius 2 is 1.68 bits per heavy atom. The molecule has 0 aromatic heterocycles. The third-order valence-corrected chi connectivity index (χ3v) is 6.27. The monoisotopic (exact) mass is 424 g/mol. The maximum Gasteiger partial charge on any atom is 0.322 e. The van der Waals surface area contributed by atoms with Gasteiger partial charge in [0.25, 0.3) is 0 Å². The van der Waals surface area contributed by atoms with Crippen LogP contribution in [0.1, 0.15) is 26.7 Å². The molecule has 2 amide bonds. The molecule has 2 aromatic rings. The summed E-state index contributed by atoms with van der Waals surface area (Å²) in [6.45, 7) is 9.93. The third kappa shape index (κ3) is 5.18. The number of hydrogen-bond acceptors (Lipinski definition) is 3. The highest BCUT2D eigenvalue weighted by atomic mass is 19.1. The van der Waals surface area contributed by atoms with Crippen LogP contribution in [0.2, 0.25) is 0 Å². The molecule has 2 aromatic carbocycles. The number of anilines is 3. The molecule has 166 valence electrons. The fourth-order valence-corrected chi connectivity index (χ4v) is 4.68. The number of hydrogen-bond donors (Lipinski definition) is 1. The van der Waals surface area contributed by atoms with Crippen LogP contribution in [0.15, 0.2) is 48.5 Å². The average Bonchev–Trinajstić information content (AvgIpc) is 2.78. The van der Waals surface area contributed by atoms with Crippen LogP contribution in [0.25, 0.3) is 0 Å². The summed E-state index contributed by atoms with van der Waals surface area (Å²) < 4.78 is 13.4. The Morgan fingerprint density at radius 1 is 1.00 bits per heavy atom. The van der Waals surface area contributed by atoms with Crippen molar-refractivity contribution in [2.75, 3.05) is 49.1 Å². The number of urea groups is 1. The molecule has 31 heavy (non-hydrogen) atoms. The fraction of sp³-hybridized carbons (Fsp3) is 0.480. The molecule has 0 saturated carbocycles. The van der Waals surface area contributed by atoms with Crippen molar-refractivity contribution in [3.05, 3.63) is 54.3 Å². The molecule has 0 bridgehead atoms. The van der Waals surface area contributed by atoms with Gasteiger partial charge in [-0.1, -0.05) is 26.0 Å². The number of halogens is 1. The zero-order valence-electron chi connectivity index (χ0n) is 18.6. The standard InChI is InChI=1S/C25H33FN4O/c1-19(2)18-28-13-11-20(12-14-28)17-27-25(31)30-16-15-29(22-9-7-21(26)8-10-22)23-5-3-4-6-24(23)30/h3-10,19-20H,11-18H2,1-2H3,(H,27,31). The second-order valence-electron chi connectivity index (χ2n) is 9.09. The highest BCUT2D eigenvalue weighted by Crippen LogP contribution is 2.37. The summed E-state index contributed by atoms with van der Waals surface area (Å²) in [4.78, 5) is 19.6. The molecule has 0 spiro atoms. The van der Waals surface area contributed by atoms with Crippen LogP contribution >= 0.6 is 0 Å². The van der Waals surface area contributed by atoms with E-state index in [-0.39, 0.29) is 11.8 Å². The van der Waals surface area contributed by atoms with Crippen molar-refractivity contribution in [3.8, 4) is 0 Å². The molecule has 0 aliphatic carbocycles. The first-order valence-corrected chi connectivity index (χ1v) is 11.4. The Balaban J connectivity index is 1.37. The summed E-state index contributed by atoms with van der Waals surface area (Å²) in [7, 11) is 0. The normalized spacial score (nSPS) is 17.7. The van der Waals surface area contributed by atoms with Gasteiger partial charge < -0.3 is 15.1 Å². The first-order valence-electron chi connectivity index (χ1n) is 11.4. The molecule has 1 saturated heterocycles. The highest BCUT2D eigenvalue weighted by Gasteiger charge is 2.28. The molecule has 1 fully saturated rings. The molecular formula is C25H33FN4O. The molecule has 0 atom stereocenters. The van der Waals surface area contributed by atoms with Crippen molar-refractivity contribution in [1.82, 2.24) is 10.2 Å². The molecule has 2 aliphatic rings. The Labute approximate surface area is 184 Å². The van der Waals surface area contributed by atoms with E-state index in [9.17, 15) is 9.18 Å². The molecule has 5 nitrogen and oxygen atoms in total. The lowest BCUT2D eigenvalue weighted by atomic mass is 9.96. The van der Waals surface area contributed by atoms with Gasteiger partial charge in [0.2, 0.25) is 0 Å². The number of para-hydroxylation sites is 2. The number of rotatable bonds is 5. The van der Waals surface area contributed by atoms with E-state index in [1.54, 1.807) is 12.1 Å². The smallest absolute Gasteiger partial charge is 0.322 e. The largest absolute Gasteiger partial charge is 0.338 e. The van der Waals surface area contributed by atoms with E-state index in [1.165, 1.54) is 12.1 Å². The van der Waals surface area contributed by atoms with E-state index in [2.05, 4.69) is 29.0 Å². The molecule has 0 unspecified atom stereocenters. The number of likely N-dealkylation sites (tertiary alicyclic amines) is 1. The summed E-state index contributed by atoms with van der Waals surface area (Å²) in [5.41, 5.74) is 2.79. The van der Waals surface area contributed by atoms with Crippen LogP contribution in [-0.4, -0.2) is 50.2 Å². The van der Waals surface area contributed by atoms with Gasteiger partial charge in [-0.3, -0.25) is 4.90 Å². The van der Waals surface area contributed by atoms with Crippen LogP contribution in [0.3, 0.4) is 0 Å². The van der Waals surface area contributed by atoms with Crippen molar-refractivity contribution < 1.29 is 9.18 Å². The second kappa shape index (κ2) is 9.69. The topological polar surface area (TPSA) is 38.8 Å². The minimum Gasteiger partial charge on any atom is -0.338 e. The molecule has 1 N–H and O–H groups in total. The SMILES string of the molecule is CC(C)CN1CCC(CNC(=O)N2CCN(c3ccc(F)cc3)c3ccccc32)CC1. The Kier molecular flexibility index (Phi) is 6.76. The predicted octanol–water partition coefficient (Wildman–Crippen LogP) is 4.86. The molecule has 0 radical (unpaired) electrons. The third-order valence-electron chi connectivity index (χ3n) is 6.27. The Bertz CT molecular complexity index is 877. The van der Waals surface area contributed by atoms with E-state index < -0.39 is 0 Å². The molecule has 6 heteroatoms. The zero-order chi connectivity index (χ0) is 21.8. The molecule has 4 rings (SSSR count). The van der Waals surface area contributed by atoms with E-state index in [1.807, 2.05) is 29.2 Å². The van der Waals surface area contributed by atoms with Gasteiger partial charge in [-0.05, 0) is 74.2 Å². The van der Waals surface area contributed by atoms with Gasteiger partial charge in [-0.25, -0.2) is 9.18 Å². The van der Waals surface area contributed by atoms with E-state index in [0.29, 0.717) is 24.9 Å². The first-order chi connectivity index (χ1) is 15.0. The first kappa shape index (κ1) is 21.6. The van der Waals surface area contributed by atoms with E-state index in [4.69, 9.17) is 0 Å². The minimum absolute atomic E-state index is 0.0317. The quantitative estimate of drug-likeness (QED) is 0.745. The van der Waals surface area contributed by atoms with Gasteiger partial charge in [0.15, 0.2) is 0 Å². The van der Waals surface area contributed by atoms with E-state index >= 15 is 0 Å². The van der Waals surface area contributed by atoms with Crippen LogP contribution < -0.4 is 15.1 Å². The number of fused-ring (bicyclic) bond motifs is 1. The lowest BCUT2D eigenvalue weighted by Gasteiger charge is -2.38. The van der Waals surface area contributed by atoms with Gasteiger partial charge in [0.1, 0.15) is 5.82 Å². The van der Waals surface area contributed by atoms with Crippen molar-refractivity contribution in [2.45, 2.75) is 26.7 Å². The highest BCUT2D eigenvalue weighted by molar-refractivity contribution is 5.97. The average molecular weight is 425 g/mol. The number of nitrogens with zero attached hydrogens (tertiary/aromatic N) is 3. The number of amides is 2. The summed E-state index contributed by atoms with van der Waals surface area (Å²) in [5.74, 6) is 0.998. The van der Waals surface area contributed by atoms with Gasteiger partial charge in [-0.2, -0.15) is 0 Å². The number of benzene rings is 2. The van der Waals surface area contributed by atoms with Gasteiger partial charge >= 0.3 is 6.03 Å². The van der Waals surface area contributed by atoms with E-state index in [0.717, 1.165) is 56.1 Å². The minimum atomic E-state index is -0.245. The number of piperidine rings is 1. The Hall–Kier alpha value is -2.60. The molecule has 2 heterocycles. The van der Waals surface area contributed by atoms with Gasteiger partial charge in [-0.15, -0.1) is 0 Å². The fourth-order valence-electron chi connectivity index (χ4n) is 4.68. The number of carbonyl (C=O) groups excluding carboxylic acids is 1.